The van der Waals surface area contributed by atoms with Crippen LogP contribution in [0, 0.1) is 0 Å². The molecule has 192 valence electrons. The number of ether oxygens (including phenoxy) is 1. The van der Waals surface area contributed by atoms with Gasteiger partial charge < -0.3 is 19.4 Å². The maximum Gasteiger partial charge on any atom is 0.422 e. The number of imidazole rings is 1. The van der Waals surface area contributed by atoms with Crippen molar-refractivity contribution in [2.24, 2.45) is 0 Å². The van der Waals surface area contributed by atoms with Crippen LogP contribution in [0.2, 0.25) is 5.02 Å². The van der Waals surface area contributed by atoms with Crippen LogP contribution in [-0.2, 0) is 6.42 Å². The third kappa shape index (κ3) is 5.70. The summed E-state index contributed by atoms with van der Waals surface area (Å²) in [4.78, 5) is 24.2. The summed E-state index contributed by atoms with van der Waals surface area (Å²) in [6, 6.07) is 15.9. The first-order valence-electron chi connectivity index (χ1n) is 11.7. The molecule has 11 heteroatoms. The molecule has 1 aromatic carbocycles. The number of carbonyl (C=O) groups excluding carboxylic acids is 1. The Labute approximate surface area is 215 Å². The van der Waals surface area contributed by atoms with E-state index >= 15 is 0 Å². The first-order chi connectivity index (χ1) is 17.8. The molecular weight excluding hydrogens is 507 g/mol. The summed E-state index contributed by atoms with van der Waals surface area (Å²) in [7, 11) is 0. The standard InChI is InChI=1S/C26H23ClF3N5O2/c27-19-7-4-17(5-8-19)23-20(35-12-2-1-3-21(35)32-23)15-18-6-9-22(37-16-26(28,29)30)33-24(18)25(36)34-13-10-31-11-14-34/h1-9,12,31H,10-11,13-16H2. The summed E-state index contributed by atoms with van der Waals surface area (Å²) >= 11 is 6.08. The largest absolute Gasteiger partial charge is 0.468 e. The third-order valence-corrected chi connectivity index (χ3v) is 6.30. The molecule has 1 saturated heterocycles. The Morgan fingerprint density at radius 1 is 1.03 bits per heavy atom. The van der Waals surface area contributed by atoms with Crippen molar-refractivity contribution in [3.05, 3.63) is 82.8 Å². The van der Waals surface area contributed by atoms with Crippen molar-refractivity contribution >= 4 is 23.2 Å². The van der Waals surface area contributed by atoms with Gasteiger partial charge in [0.1, 0.15) is 11.3 Å². The van der Waals surface area contributed by atoms with Crippen LogP contribution < -0.4 is 10.1 Å². The molecule has 1 N–H and O–H groups in total. The van der Waals surface area contributed by atoms with E-state index in [-0.39, 0.29) is 23.9 Å². The fourth-order valence-corrected chi connectivity index (χ4v) is 4.41. The molecule has 0 saturated carbocycles. The number of carbonyl (C=O) groups is 1. The smallest absolute Gasteiger partial charge is 0.422 e. The zero-order valence-corrected chi connectivity index (χ0v) is 20.4. The van der Waals surface area contributed by atoms with E-state index < -0.39 is 12.8 Å². The third-order valence-electron chi connectivity index (χ3n) is 6.05. The van der Waals surface area contributed by atoms with Gasteiger partial charge in [0.25, 0.3) is 5.91 Å². The lowest BCUT2D eigenvalue weighted by Gasteiger charge is -2.28. The molecule has 37 heavy (non-hydrogen) atoms. The fourth-order valence-electron chi connectivity index (χ4n) is 4.29. The van der Waals surface area contributed by atoms with Crippen molar-refractivity contribution < 1.29 is 22.7 Å². The lowest BCUT2D eigenvalue weighted by molar-refractivity contribution is -0.154. The van der Waals surface area contributed by atoms with Crippen LogP contribution in [0.3, 0.4) is 0 Å². The number of nitrogens with zero attached hydrogens (tertiary/aromatic N) is 4. The van der Waals surface area contributed by atoms with E-state index in [4.69, 9.17) is 21.3 Å². The van der Waals surface area contributed by atoms with Crippen LogP contribution in [0.4, 0.5) is 13.2 Å². The molecule has 3 aromatic heterocycles. The molecule has 0 atom stereocenters. The predicted octanol–water partition coefficient (Wildman–Crippen LogP) is 4.63. The number of aromatic nitrogens is 3. The van der Waals surface area contributed by atoms with Crippen LogP contribution in [0.1, 0.15) is 21.7 Å². The minimum absolute atomic E-state index is 0.0644. The molecule has 0 aliphatic carbocycles. The monoisotopic (exact) mass is 529 g/mol. The van der Waals surface area contributed by atoms with Crippen molar-refractivity contribution in [2.45, 2.75) is 12.6 Å². The average molecular weight is 530 g/mol. The number of hydrogen-bond donors (Lipinski definition) is 1. The summed E-state index contributed by atoms with van der Waals surface area (Å²) in [5.41, 5.74) is 3.70. The Balaban J connectivity index is 1.57. The zero-order chi connectivity index (χ0) is 26.0. The van der Waals surface area contributed by atoms with Gasteiger partial charge >= 0.3 is 6.18 Å². The van der Waals surface area contributed by atoms with Crippen molar-refractivity contribution in [1.82, 2.24) is 24.6 Å². The number of benzene rings is 1. The summed E-state index contributed by atoms with van der Waals surface area (Å²) in [5, 5.41) is 3.78. The van der Waals surface area contributed by atoms with Gasteiger partial charge in [0.2, 0.25) is 5.88 Å². The Morgan fingerprint density at radius 2 is 1.78 bits per heavy atom. The summed E-state index contributed by atoms with van der Waals surface area (Å²) in [6.07, 6.45) is -2.38. The van der Waals surface area contributed by atoms with E-state index in [1.165, 1.54) is 6.07 Å². The lowest BCUT2D eigenvalue weighted by atomic mass is 10.0. The second-order valence-electron chi connectivity index (χ2n) is 8.62. The Kier molecular flexibility index (Phi) is 7.03. The first kappa shape index (κ1) is 25.0. The van der Waals surface area contributed by atoms with Gasteiger partial charge in [0.05, 0.1) is 11.4 Å². The predicted molar refractivity (Wildman–Crippen MR) is 133 cm³/mol. The molecule has 0 spiro atoms. The summed E-state index contributed by atoms with van der Waals surface area (Å²) in [6.45, 7) is 0.700. The molecule has 0 radical (unpaired) electrons. The topological polar surface area (TPSA) is 71.8 Å². The highest BCUT2D eigenvalue weighted by Crippen LogP contribution is 2.29. The van der Waals surface area contributed by atoms with Crippen molar-refractivity contribution in [3.8, 4) is 17.1 Å². The fraction of sp³-hybridized carbons (Fsp3) is 0.269. The number of nitrogens with one attached hydrogen (secondary N) is 1. The minimum atomic E-state index is -4.52. The molecule has 1 aliphatic rings. The Hall–Kier alpha value is -3.63. The van der Waals surface area contributed by atoms with E-state index in [0.29, 0.717) is 42.5 Å². The van der Waals surface area contributed by atoms with Gasteiger partial charge in [-0.2, -0.15) is 13.2 Å². The second-order valence-corrected chi connectivity index (χ2v) is 9.06. The number of pyridine rings is 2. The van der Waals surface area contributed by atoms with Gasteiger partial charge in [-0.05, 0) is 29.8 Å². The van der Waals surface area contributed by atoms with Crippen molar-refractivity contribution in [3.63, 3.8) is 0 Å². The van der Waals surface area contributed by atoms with Crippen LogP contribution >= 0.6 is 11.6 Å². The van der Waals surface area contributed by atoms with E-state index in [2.05, 4.69) is 10.3 Å². The summed E-state index contributed by atoms with van der Waals surface area (Å²) < 4.78 is 45.0. The number of rotatable bonds is 6. The lowest BCUT2D eigenvalue weighted by Crippen LogP contribution is -2.46. The molecule has 4 heterocycles. The van der Waals surface area contributed by atoms with Crippen LogP contribution in [0.5, 0.6) is 5.88 Å². The molecule has 7 nitrogen and oxygen atoms in total. The van der Waals surface area contributed by atoms with Gasteiger partial charge in [0, 0.05) is 55.4 Å². The number of piperazine rings is 1. The molecule has 1 fully saturated rings. The second kappa shape index (κ2) is 10.4. The molecule has 4 aromatic rings. The number of alkyl halides is 3. The highest BCUT2D eigenvalue weighted by molar-refractivity contribution is 6.30. The van der Waals surface area contributed by atoms with Crippen LogP contribution in [0.15, 0.2) is 60.8 Å². The maximum absolute atomic E-state index is 13.5. The highest BCUT2D eigenvalue weighted by Gasteiger charge is 2.30. The number of hydrogen-bond acceptors (Lipinski definition) is 5. The van der Waals surface area contributed by atoms with Crippen molar-refractivity contribution in [1.29, 1.82) is 0 Å². The van der Waals surface area contributed by atoms with Gasteiger partial charge in [-0.3, -0.25) is 4.79 Å². The Bertz CT molecular complexity index is 1420. The zero-order valence-electron chi connectivity index (χ0n) is 19.6. The number of halogens is 4. The molecule has 0 bridgehead atoms. The van der Waals surface area contributed by atoms with E-state index in [0.717, 1.165) is 16.9 Å². The first-order valence-corrected chi connectivity index (χ1v) is 12.1. The maximum atomic E-state index is 13.5. The molecule has 0 unspecified atom stereocenters. The normalized spacial score (nSPS) is 14.2. The van der Waals surface area contributed by atoms with Crippen molar-refractivity contribution in [2.75, 3.05) is 32.8 Å². The van der Waals surface area contributed by atoms with E-state index in [1.54, 1.807) is 23.1 Å². The highest BCUT2D eigenvalue weighted by atomic mass is 35.5. The van der Waals surface area contributed by atoms with Gasteiger partial charge in [-0.15, -0.1) is 0 Å². The van der Waals surface area contributed by atoms with Gasteiger partial charge in [-0.25, -0.2) is 9.97 Å². The van der Waals surface area contributed by atoms with Crippen LogP contribution in [0.25, 0.3) is 16.9 Å². The molecule has 5 rings (SSSR count). The Morgan fingerprint density at radius 3 is 2.51 bits per heavy atom. The van der Waals surface area contributed by atoms with Crippen LogP contribution in [-0.4, -0.2) is 64.1 Å². The average Bonchev–Trinajstić information content (AvgIpc) is 3.26. The van der Waals surface area contributed by atoms with Gasteiger partial charge in [-0.1, -0.05) is 35.9 Å². The summed E-state index contributed by atoms with van der Waals surface area (Å²) in [5.74, 6) is -0.605. The quantitative estimate of drug-likeness (QED) is 0.394. The molecule has 1 aliphatic heterocycles. The minimum Gasteiger partial charge on any atom is -0.468 e. The van der Waals surface area contributed by atoms with E-state index in [1.807, 2.05) is 40.9 Å². The van der Waals surface area contributed by atoms with Gasteiger partial charge in [0.15, 0.2) is 6.61 Å². The molecular formula is C26H23ClF3N5O2. The molecule has 1 amide bonds. The number of fused-ring (bicyclic) bond motifs is 1. The van der Waals surface area contributed by atoms with E-state index in [9.17, 15) is 18.0 Å². The SMILES string of the molecule is O=C(c1nc(OCC(F)(F)F)ccc1Cc1c(-c2ccc(Cl)cc2)nc2ccccn12)N1CCNCC1. The number of amides is 1.